The zero-order chi connectivity index (χ0) is 23.0. The van der Waals surface area contributed by atoms with Crippen LogP contribution in [-0.4, -0.2) is 33.9 Å². The van der Waals surface area contributed by atoms with Crippen molar-refractivity contribution in [1.82, 2.24) is 14.8 Å². The Hall–Kier alpha value is -4.33. The lowest BCUT2D eigenvalue weighted by atomic mass is 10.2. The van der Waals surface area contributed by atoms with Crippen molar-refractivity contribution in [2.24, 2.45) is 0 Å². The smallest absolute Gasteiger partial charge is 0.280 e. The number of carbonyl (C=O) groups is 1. The summed E-state index contributed by atoms with van der Waals surface area (Å²) in [5.74, 6) is 2.34. The molecule has 33 heavy (non-hydrogen) atoms. The van der Waals surface area contributed by atoms with Crippen molar-refractivity contribution in [3.8, 4) is 11.5 Å². The average Bonchev–Trinajstić information content (AvgIpc) is 3.24. The number of pyridine rings is 1. The Morgan fingerprint density at radius 3 is 1.91 bits per heavy atom. The minimum Gasteiger partial charge on any atom is -0.494 e. The number of aromatic nitrogens is 3. The highest BCUT2D eigenvalue weighted by molar-refractivity contribution is 5.97. The van der Waals surface area contributed by atoms with Crippen molar-refractivity contribution < 1.29 is 14.3 Å². The maximum atomic E-state index is 13.1. The van der Waals surface area contributed by atoms with Crippen LogP contribution in [0.15, 0.2) is 79.1 Å². The van der Waals surface area contributed by atoms with E-state index in [0.717, 1.165) is 22.9 Å². The van der Waals surface area contributed by atoms with Gasteiger partial charge in [-0.25, -0.2) is 0 Å². The molecule has 8 nitrogen and oxygen atoms in total. The molecule has 0 atom stereocenters. The third-order valence-corrected chi connectivity index (χ3v) is 4.70. The lowest BCUT2D eigenvalue weighted by molar-refractivity contribution is 0.0948. The molecule has 0 saturated heterocycles. The molecule has 0 bridgehead atoms. The van der Waals surface area contributed by atoms with Crippen LogP contribution in [0.4, 0.5) is 23.0 Å². The van der Waals surface area contributed by atoms with Gasteiger partial charge >= 0.3 is 0 Å². The molecule has 0 aliphatic rings. The van der Waals surface area contributed by atoms with Crippen LogP contribution >= 0.6 is 0 Å². The normalized spacial score (nSPS) is 10.5. The third-order valence-electron chi connectivity index (χ3n) is 4.70. The zero-order valence-corrected chi connectivity index (χ0v) is 18.5. The second kappa shape index (κ2) is 10.3. The number of nitrogens with one attached hydrogen (secondary N) is 2. The fourth-order valence-electron chi connectivity index (χ4n) is 3.20. The molecule has 0 fully saturated rings. The molecule has 2 N–H and O–H groups in total. The molecule has 2 heterocycles. The second-order valence-electron chi connectivity index (χ2n) is 7.03. The molecular weight excluding hydrogens is 418 g/mol. The summed E-state index contributed by atoms with van der Waals surface area (Å²) < 4.78 is 12.3. The van der Waals surface area contributed by atoms with Gasteiger partial charge in [0.15, 0.2) is 5.82 Å². The highest BCUT2D eigenvalue weighted by Crippen LogP contribution is 2.26. The molecular formula is C25H25N5O3. The van der Waals surface area contributed by atoms with Crippen molar-refractivity contribution in [3.63, 3.8) is 0 Å². The van der Waals surface area contributed by atoms with E-state index in [1.165, 1.54) is 4.68 Å². The summed E-state index contributed by atoms with van der Waals surface area (Å²) in [7, 11) is 0. The summed E-state index contributed by atoms with van der Waals surface area (Å²) in [6, 6.07) is 20.2. The van der Waals surface area contributed by atoms with Crippen LogP contribution in [0.2, 0.25) is 0 Å². The van der Waals surface area contributed by atoms with E-state index in [4.69, 9.17) is 9.47 Å². The number of anilines is 4. The summed E-state index contributed by atoms with van der Waals surface area (Å²) in [4.78, 5) is 17.1. The van der Waals surface area contributed by atoms with Gasteiger partial charge in [-0.1, -0.05) is 0 Å². The predicted octanol–water partition coefficient (Wildman–Crippen LogP) is 5.25. The van der Waals surface area contributed by atoms with Crippen molar-refractivity contribution >= 4 is 28.9 Å². The number of nitrogens with zero attached hydrogens (tertiary/aromatic N) is 3. The first-order valence-electron chi connectivity index (χ1n) is 10.7. The van der Waals surface area contributed by atoms with Crippen LogP contribution < -0.4 is 20.1 Å². The second-order valence-corrected chi connectivity index (χ2v) is 7.03. The van der Waals surface area contributed by atoms with Gasteiger partial charge in [-0.15, -0.1) is 5.10 Å². The third kappa shape index (κ3) is 5.48. The Kier molecular flexibility index (Phi) is 6.84. The van der Waals surface area contributed by atoms with E-state index in [2.05, 4.69) is 20.7 Å². The van der Waals surface area contributed by atoms with Gasteiger partial charge in [0.2, 0.25) is 0 Å². The molecule has 4 aromatic rings. The monoisotopic (exact) mass is 443 g/mol. The molecule has 4 rings (SSSR count). The standard InChI is InChI=1S/C25H25N5O3/c1-3-32-21-9-5-19(6-10-21)27-23-17-24(28-20-7-11-22(12-8-20)33-4-2)30(29-23)25(31)18-13-15-26-16-14-18/h5-17,28H,3-4H2,1-2H3,(H,27,29). The van der Waals surface area contributed by atoms with Crippen molar-refractivity contribution in [3.05, 3.63) is 84.7 Å². The molecule has 168 valence electrons. The fraction of sp³-hybridized carbons (Fsp3) is 0.160. The van der Waals surface area contributed by atoms with Gasteiger partial charge in [0.1, 0.15) is 17.3 Å². The predicted molar refractivity (Wildman–Crippen MR) is 128 cm³/mol. The highest BCUT2D eigenvalue weighted by atomic mass is 16.5. The van der Waals surface area contributed by atoms with Gasteiger partial charge in [0.25, 0.3) is 5.91 Å². The molecule has 0 spiro atoms. The number of hydrogen-bond acceptors (Lipinski definition) is 7. The van der Waals surface area contributed by atoms with E-state index >= 15 is 0 Å². The summed E-state index contributed by atoms with van der Waals surface area (Å²) >= 11 is 0. The summed E-state index contributed by atoms with van der Waals surface area (Å²) in [5, 5.41) is 11.0. The highest BCUT2D eigenvalue weighted by Gasteiger charge is 2.17. The Balaban J connectivity index is 1.61. The summed E-state index contributed by atoms with van der Waals surface area (Å²) in [6.07, 6.45) is 3.16. The molecule has 2 aromatic carbocycles. The van der Waals surface area contributed by atoms with Gasteiger partial charge in [0.05, 0.1) is 13.2 Å². The van der Waals surface area contributed by atoms with Gasteiger partial charge in [-0.05, 0) is 74.5 Å². The molecule has 0 unspecified atom stereocenters. The van der Waals surface area contributed by atoms with E-state index < -0.39 is 0 Å². The average molecular weight is 444 g/mol. The fourth-order valence-corrected chi connectivity index (χ4v) is 3.20. The van der Waals surface area contributed by atoms with Crippen LogP contribution in [-0.2, 0) is 0 Å². The molecule has 0 radical (unpaired) electrons. The lowest BCUT2D eigenvalue weighted by Gasteiger charge is -2.09. The molecule has 0 aliphatic carbocycles. The van der Waals surface area contributed by atoms with Crippen molar-refractivity contribution in [2.75, 3.05) is 23.8 Å². The number of benzene rings is 2. The van der Waals surface area contributed by atoms with Crippen LogP contribution in [0.1, 0.15) is 24.2 Å². The number of carbonyl (C=O) groups excluding carboxylic acids is 1. The van der Waals surface area contributed by atoms with E-state index in [1.54, 1.807) is 30.6 Å². The van der Waals surface area contributed by atoms with Crippen molar-refractivity contribution in [2.45, 2.75) is 13.8 Å². The zero-order valence-electron chi connectivity index (χ0n) is 18.5. The van der Waals surface area contributed by atoms with Crippen LogP contribution in [0.5, 0.6) is 11.5 Å². The van der Waals surface area contributed by atoms with Crippen LogP contribution in [0.3, 0.4) is 0 Å². The largest absolute Gasteiger partial charge is 0.494 e. The van der Waals surface area contributed by atoms with Gasteiger partial charge in [-0.3, -0.25) is 9.78 Å². The quantitative estimate of drug-likeness (QED) is 0.365. The first-order chi connectivity index (χ1) is 16.2. The SMILES string of the molecule is CCOc1ccc(Nc2cc(Nc3ccc(OCC)cc3)n(C(=O)c3ccncc3)n2)cc1. The Morgan fingerprint density at radius 1 is 0.818 bits per heavy atom. The lowest BCUT2D eigenvalue weighted by Crippen LogP contribution is -2.16. The first-order valence-corrected chi connectivity index (χ1v) is 10.7. The molecule has 2 aromatic heterocycles. The van der Waals surface area contributed by atoms with Gasteiger partial charge < -0.3 is 20.1 Å². The Morgan fingerprint density at radius 2 is 1.36 bits per heavy atom. The maximum absolute atomic E-state index is 13.1. The number of hydrogen-bond donors (Lipinski definition) is 2. The maximum Gasteiger partial charge on any atom is 0.280 e. The van der Waals surface area contributed by atoms with Crippen molar-refractivity contribution in [1.29, 1.82) is 0 Å². The molecule has 8 heteroatoms. The number of ether oxygens (including phenoxy) is 2. The van der Waals surface area contributed by atoms with Crippen LogP contribution in [0, 0.1) is 0 Å². The van der Waals surface area contributed by atoms with E-state index in [-0.39, 0.29) is 5.91 Å². The van der Waals surface area contributed by atoms with E-state index in [9.17, 15) is 4.79 Å². The molecule has 0 saturated carbocycles. The topological polar surface area (TPSA) is 90.3 Å². The van der Waals surface area contributed by atoms with E-state index in [0.29, 0.717) is 30.4 Å². The molecule has 0 amide bonds. The summed E-state index contributed by atoms with van der Waals surface area (Å²) in [6.45, 7) is 5.08. The van der Waals surface area contributed by atoms with Gasteiger partial charge in [-0.2, -0.15) is 4.68 Å². The Bertz CT molecular complexity index is 1190. The minimum atomic E-state index is -0.273. The van der Waals surface area contributed by atoms with Crippen LogP contribution in [0.25, 0.3) is 0 Å². The van der Waals surface area contributed by atoms with Gasteiger partial charge in [0, 0.05) is 35.4 Å². The molecule has 0 aliphatic heterocycles. The first kappa shape index (κ1) is 21.9. The number of rotatable bonds is 9. The summed E-state index contributed by atoms with van der Waals surface area (Å²) in [5.41, 5.74) is 2.11. The minimum absolute atomic E-state index is 0.273. The Labute approximate surface area is 192 Å². The van der Waals surface area contributed by atoms with E-state index in [1.807, 2.05) is 62.4 Å².